The van der Waals surface area contributed by atoms with Crippen LogP contribution in [0.25, 0.3) is 0 Å². The van der Waals surface area contributed by atoms with Gasteiger partial charge in [0.2, 0.25) is 0 Å². The van der Waals surface area contributed by atoms with Crippen LogP contribution in [0, 0.1) is 11.8 Å². The highest BCUT2D eigenvalue weighted by molar-refractivity contribution is 5.00. The summed E-state index contributed by atoms with van der Waals surface area (Å²) in [5.74, 6) is 1.63. The van der Waals surface area contributed by atoms with Crippen molar-refractivity contribution < 1.29 is 0 Å². The van der Waals surface area contributed by atoms with E-state index in [1.54, 1.807) is 0 Å². The van der Waals surface area contributed by atoms with Gasteiger partial charge >= 0.3 is 0 Å². The summed E-state index contributed by atoms with van der Waals surface area (Å²) in [5.41, 5.74) is 6.54. The topological polar surface area (TPSA) is 32.5 Å². The molecule has 2 fully saturated rings. The highest BCUT2D eigenvalue weighted by Crippen LogP contribution is 2.40. The zero-order chi connectivity index (χ0) is 13.9. The molecule has 1 aliphatic carbocycles. The first kappa shape index (κ1) is 15.3. The largest absolute Gasteiger partial charge is 0.329 e. The summed E-state index contributed by atoms with van der Waals surface area (Å²) < 4.78 is 0. The Kier molecular flexibility index (Phi) is 5.27. The summed E-state index contributed by atoms with van der Waals surface area (Å²) in [5, 5.41) is 0. The predicted molar refractivity (Wildman–Crippen MR) is 82.3 cm³/mol. The van der Waals surface area contributed by atoms with Gasteiger partial charge in [0.25, 0.3) is 0 Å². The third-order valence-corrected chi connectivity index (χ3v) is 5.64. The van der Waals surface area contributed by atoms with E-state index < -0.39 is 0 Å². The predicted octanol–water partition coefficient (Wildman–Crippen LogP) is 2.17. The van der Waals surface area contributed by atoms with Crippen LogP contribution in [0.5, 0.6) is 0 Å². The van der Waals surface area contributed by atoms with Crippen molar-refractivity contribution >= 4 is 0 Å². The third kappa shape index (κ3) is 3.14. The molecule has 0 radical (unpaired) electrons. The maximum atomic E-state index is 6.24. The van der Waals surface area contributed by atoms with E-state index in [9.17, 15) is 0 Å². The van der Waals surface area contributed by atoms with E-state index in [2.05, 4.69) is 30.6 Å². The second-order valence-electron chi connectivity index (χ2n) is 6.92. The van der Waals surface area contributed by atoms with Crippen molar-refractivity contribution in [2.45, 2.75) is 52.0 Å². The Morgan fingerprint density at radius 2 is 1.84 bits per heavy atom. The van der Waals surface area contributed by atoms with E-state index in [4.69, 9.17) is 5.73 Å². The molecule has 3 heteroatoms. The van der Waals surface area contributed by atoms with E-state index in [0.29, 0.717) is 5.54 Å². The Hall–Kier alpha value is -0.120. The van der Waals surface area contributed by atoms with Crippen LogP contribution < -0.4 is 5.73 Å². The summed E-state index contributed by atoms with van der Waals surface area (Å²) in [7, 11) is 0. The molecule has 1 saturated heterocycles. The van der Waals surface area contributed by atoms with Gasteiger partial charge in [-0.1, -0.05) is 20.8 Å². The Morgan fingerprint density at radius 3 is 2.37 bits per heavy atom. The average Bonchev–Trinajstić information content (AvgIpc) is 2.41. The van der Waals surface area contributed by atoms with Crippen molar-refractivity contribution in [2.24, 2.45) is 17.6 Å². The van der Waals surface area contributed by atoms with Crippen LogP contribution in [0.2, 0.25) is 0 Å². The fourth-order valence-electron chi connectivity index (χ4n) is 4.32. The molecule has 19 heavy (non-hydrogen) atoms. The van der Waals surface area contributed by atoms with Gasteiger partial charge in [-0.05, 0) is 44.1 Å². The second-order valence-corrected chi connectivity index (χ2v) is 6.92. The minimum Gasteiger partial charge on any atom is -0.329 e. The van der Waals surface area contributed by atoms with Gasteiger partial charge in [-0.3, -0.25) is 4.90 Å². The molecule has 0 aromatic carbocycles. The molecule has 2 rings (SSSR count). The molecule has 1 aliphatic heterocycles. The van der Waals surface area contributed by atoms with E-state index in [-0.39, 0.29) is 0 Å². The fraction of sp³-hybridized carbons (Fsp3) is 1.00. The quantitative estimate of drug-likeness (QED) is 0.847. The summed E-state index contributed by atoms with van der Waals surface area (Å²) >= 11 is 0. The molecular formula is C16H33N3. The van der Waals surface area contributed by atoms with Gasteiger partial charge in [0, 0.05) is 38.3 Å². The van der Waals surface area contributed by atoms with Crippen LogP contribution >= 0.6 is 0 Å². The van der Waals surface area contributed by atoms with E-state index in [1.807, 2.05) is 0 Å². The lowest BCUT2D eigenvalue weighted by Crippen LogP contribution is -2.64. The normalized spacial score (nSPS) is 38.5. The van der Waals surface area contributed by atoms with Gasteiger partial charge in [0.1, 0.15) is 0 Å². The van der Waals surface area contributed by atoms with Crippen LogP contribution in [0.3, 0.4) is 0 Å². The number of piperazine rings is 1. The van der Waals surface area contributed by atoms with Crippen LogP contribution in [0.4, 0.5) is 0 Å². The van der Waals surface area contributed by atoms with E-state index in [0.717, 1.165) is 18.4 Å². The minimum atomic E-state index is 0.296. The molecule has 2 aliphatic rings. The number of nitrogens with zero attached hydrogens (tertiary/aromatic N) is 2. The Labute approximate surface area is 119 Å². The van der Waals surface area contributed by atoms with Gasteiger partial charge in [-0.25, -0.2) is 0 Å². The monoisotopic (exact) mass is 267 g/mol. The van der Waals surface area contributed by atoms with Crippen molar-refractivity contribution in [2.75, 3.05) is 39.3 Å². The molecule has 112 valence electrons. The first-order valence-corrected chi connectivity index (χ1v) is 8.30. The zero-order valence-corrected chi connectivity index (χ0v) is 13.2. The molecule has 0 aromatic rings. The molecule has 0 amide bonds. The lowest BCUT2D eigenvalue weighted by atomic mass is 9.68. The maximum Gasteiger partial charge on any atom is 0.0358 e. The van der Waals surface area contributed by atoms with Crippen LogP contribution in [-0.2, 0) is 0 Å². The molecule has 1 heterocycles. The van der Waals surface area contributed by atoms with Gasteiger partial charge in [0.05, 0.1) is 0 Å². The number of hydrogen-bond acceptors (Lipinski definition) is 3. The first-order chi connectivity index (χ1) is 9.12. The summed E-state index contributed by atoms with van der Waals surface area (Å²) in [4.78, 5) is 5.34. The Balaban J connectivity index is 1.98. The van der Waals surface area contributed by atoms with Crippen LogP contribution in [0.1, 0.15) is 46.5 Å². The standard InChI is InChI=1S/C16H33N3/c1-4-7-18-8-10-19(11-9-18)16(13-17)6-5-14(2)12-15(16)3/h14-15H,4-13,17H2,1-3H3. The van der Waals surface area contributed by atoms with Gasteiger partial charge < -0.3 is 10.6 Å². The number of hydrogen-bond donors (Lipinski definition) is 1. The molecule has 3 unspecified atom stereocenters. The summed E-state index contributed by atoms with van der Waals surface area (Å²) in [6.45, 7) is 14.1. The Morgan fingerprint density at radius 1 is 1.16 bits per heavy atom. The first-order valence-electron chi connectivity index (χ1n) is 8.30. The van der Waals surface area contributed by atoms with Crippen LogP contribution in [-0.4, -0.2) is 54.6 Å². The van der Waals surface area contributed by atoms with Crippen molar-refractivity contribution in [3.05, 3.63) is 0 Å². The number of rotatable bonds is 4. The Bertz CT molecular complexity index is 273. The second kappa shape index (κ2) is 6.55. The molecule has 0 aromatic heterocycles. The molecule has 0 bridgehead atoms. The average molecular weight is 267 g/mol. The highest BCUT2D eigenvalue weighted by atomic mass is 15.3. The fourth-order valence-corrected chi connectivity index (χ4v) is 4.32. The molecule has 3 nitrogen and oxygen atoms in total. The summed E-state index contributed by atoms with van der Waals surface area (Å²) in [6, 6.07) is 0. The molecule has 0 spiro atoms. The SMILES string of the molecule is CCCN1CCN(C2(CN)CCC(C)CC2C)CC1. The van der Waals surface area contributed by atoms with Crippen molar-refractivity contribution in [3.63, 3.8) is 0 Å². The lowest BCUT2D eigenvalue weighted by molar-refractivity contribution is -0.0286. The maximum absolute atomic E-state index is 6.24. The van der Waals surface area contributed by atoms with Gasteiger partial charge in [0.15, 0.2) is 0 Å². The van der Waals surface area contributed by atoms with Crippen LogP contribution in [0.15, 0.2) is 0 Å². The number of nitrogens with two attached hydrogens (primary N) is 1. The van der Waals surface area contributed by atoms with Gasteiger partial charge in [-0.15, -0.1) is 0 Å². The van der Waals surface area contributed by atoms with Crippen molar-refractivity contribution in [1.82, 2.24) is 9.80 Å². The highest BCUT2D eigenvalue weighted by Gasteiger charge is 2.44. The zero-order valence-electron chi connectivity index (χ0n) is 13.2. The molecule has 2 N–H and O–H groups in total. The molecular weight excluding hydrogens is 234 g/mol. The summed E-state index contributed by atoms with van der Waals surface area (Å²) in [6.07, 6.45) is 5.29. The third-order valence-electron chi connectivity index (χ3n) is 5.64. The van der Waals surface area contributed by atoms with E-state index in [1.165, 1.54) is 58.4 Å². The molecule has 1 saturated carbocycles. The van der Waals surface area contributed by atoms with Crippen molar-refractivity contribution in [1.29, 1.82) is 0 Å². The van der Waals surface area contributed by atoms with E-state index >= 15 is 0 Å². The van der Waals surface area contributed by atoms with Gasteiger partial charge in [-0.2, -0.15) is 0 Å². The minimum absolute atomic E-state index is 0.296. The van der Waals surface area contributed by atoms with Crippen molar-refractivity contribution in [3.8, 4) is 0 Å². The lowest BCUT2D eigenvalue weighted by Gasteiger charge is -2.53. The molecule has 3 atom stereocenters. The smallest absolute Gasteiger partial charge is 0.0358 e.